The van der Waals surface area contributed by atoms with E-state index in [4.69, 9.17) is 9.05 Å². The van der Waals surface area contributed by atoms with Crippen LogP contribution in [0.4, 0.5) is 0 Å². The maximum absolute atomic E-state index is 12.6. The molecule has 0 aromatic rings. The minimum Gasteiger partial charge on any atom is -0.756 e. The molecule has 0 aromatic carbocycles. The Morgan fingerprint density at radius 2 is 1.30 bits per heavy atom. The summed E-state index contributed by atoms with van der Waals surface area (Å²) in [4.78, 5) is 24.9. The van der Waals surface area contributed by atoms with Crippen molar-refractivity contribution in [3.8, 4) is 0 Å². The van der Waals surface area contributed by atoms with E-state index >= 15 is 0 Å². The molecule has 9 heteroatoms. The zero-order valence-electron chi connectivity index (χ0n) is 30.2. The fourth-order valence-electron chi connectivity index (χ4n) is 4.33. The van der Waals surface area contributed by atoms with E-state index in [1.807, 2.05) is 21.1 Å². The Kier molecular flexibility index (Phi) is 28.7. The van der Waals surface area contributed by atoms with Gasteiger partial charge in [-0.05, 0) is 64.2 Å². The van der Waals surface area contributed by atoms with Crippen LogP contribution in [0.5, 0.6) is 0 Å². The predicted molar refractivity (Wildman–Crippen MR) is 196 cm³/mol. The topological polar surface area (TPSA) is 108 Å². The zero-order valence-corrected chi connectivity index (χ0v) is 31.1. The van der Waals surface area contributed by atoms with Crippen molar-refractivity contribution >= 4 is 13.7 Å². The molecule has 0 spiro atoms. The number of hydrogen-bond acceptors (Lipinski definition) is 6. The van der Waals surface area contributed by atoms with Crippen LogP contribution >= 0.6 is 7.82 Å². The van der Waals surface area contributed by atoms with Gasteiger partial charge in [-0.2, -0.15) is 0 Å². The van der Waals surface area contributed by atoms with Crippen molar-refractivity contribution in [1.29, 1.82) is 0 Å². The van der Waals surface area contributed by atoms with Gasteiger partial charge in [0.05, 0.1) is 39.9 Å². The standard InChI is InChI=1S/C38H67N2O6P/c1-6-8-10-12-13-14-15-16-17-18-19-20-21-22-23-24-25-26-27-28-30-32-38(42)39-36(37(41)31-29-11-9-7-2)35-46-47(43,44)45-34-33-40(3,4)5/h8,10,13-14,16-17,19-20,22-23,25-26,36-37,41H,6-7,9,11-12,15,18,21,24,27-35H2,1-5H3,(H-,39,42,43,44)/b10-8-,14-13-,17-16-,20-19-,23-22-,26-25-. The zero-order chi connectivity index (χ0) is 35.1. The molecule has 0 fully saturated rings. The summed E-state index contributed by atoms with van der Waals surface area (Å²) in [5.74, 6) is -0.222. The van der Waals surface area contributed by atoms with Crippen molar-refractivity contribution in [2.45, 2.75) is 122 Å². The fraction of sp³-hybridized carbons (Fsp3) is 0.658. The number of rotatable bonds is 30. The highest BCUT2D eigenvalue weighted by molar-refractivity contribution is 7.45. The van der Waals surface area contributed by atoms with Crippen molar-refractivity contribution < 1.29 is 32.9 Å². The van der Waals surface area contributed by atoms with Crippen LogP contribution in [0, 0.1) is 0 Å². The third kappa shape index (κ3) is 32.3. The summed E-state index contributed by atoms with van der Waals surface area (Å²) in [6, 6.07) is -0.822. The molecule has 2 N–H and O–H groups in total. The highest BCUT2D eigenvalue weighted by atomic mass is 31.2. The number of amides is 1. The molecule has 8 nitrogen and oxygen atoms in total. The van der Waals surface area contributed by atoms with Crippen molar-refractivity contribution in [3.05, 3.63) is 72.9 Å². The number of nitrogens with zero attached hydrogens (tertiary/aromatic N) is 1. The van der Waals surface area contributed by atoms with Gasteiger partial charge < -0.3 is 28.8 Å². The van der Waals surface area contributed by atoms with Gasteiger partial charge in [-0.3, -0.25) is 9.36 Å². The average molecular weight is 679 g/mol. The second-order valence-electron chi connectivity index (χ2n) is 12.8. The van der Waals surface area contributed by atoms with Crippen LogP contribution in [-0.4, -0.2) is 68.5 Å². The Morgan fingerprint density at radius 1 is 0.766 bits per heavy atom. The first-order valence-electron chi connectivity index (χ1n) is 17.8. The van der Waals surface area contributed by atoms with E-state index in [0.717, 1.165) is 77.0 Å². The van der Waals surface area contributed by atoms with Crippen LogP contribution in [-0.2, 0) is 18.4 Å². The molecular weight excluding hydrogens is 611 g/mol. The van der Waals surface area contributed by atoms with Gasteiger partial charge in [0.15, 0.2) is 0 Å². The monoisotopic (exact) mass is 678 g/mol. The SMILES string of the molecule is CC/C=C\C/C=C\C/C=C\C/C=C\C/C=C\C/C=C\CCCCC(=O)NC(COP(=O)([O-])OCC[N+](C)(C)C)C(O)CCCCCC. The maximum Gasteiger partial charge on any atom is 0.268 e. The summed E-state index contributed by atoms with van der Waals surface area (Å²) in [6.07, 6.45) is 38.2. The number of quaternary nitrogens is 1. The van der Waals surface area contributed by atoms with Gasteiger partial charge in [0.2, 0.25) is 5.91 Å². The molecule has 270 valence electrons. The van der Waals surface area contributed by atoms with Gasteiger partial charge >= 0.3 is 0 Å². The summed E-state index contributed by atoms with van der Waals surface area (Å²) in [7, 11) is 1.25. The first kappa shape index (κ1) is 44.9. The fourth-order valence-corrected chi connectivity index (χ4v) is 5.05. The number of phosphoric ester groups is 1. The molecule has 0 saturated heterocycles. The quantitative estimate of drug-likeness (QED) is 0.0343. The minimum atomic E-state index is -4.56. The van der Waals surface area contributed by atoms with E-state index in [9.17, 15) is 19.4 Å². The van der Waals surface area contributed by atoms with Gasteiger partial charge in [0.25, 0.3) is 7.82 Å². The largest absolute Gasteiger partial charge is 0.756 e. The molecule has 0 aromatic heterocycles. The molecule has 0 bridgehead atoms. The van der Waals surface area contributed by atoms with Gasteiger partial charge in [-0.1, -0.05) is 112 Å². The molecule has 0 aliphatic rings. The highest BCUT2D eigenvalue weighted by Gasteiger charge is 2.24. The number of phosphoric acid groups is 1. The lowest BCUT2D eigenvalue weighted by Gasteiger charge is -2.30. The van der Waals surface area contributed by atoms with E-state index in [1.54, 1.807) is 0 Å². The summed E-state index contributed by atoms with van der Waals surface area (Å²) >= 11 is 0. The van der Waals surface area contributed by atoms with Crippen molar-refractivity contribution in [2.24, 2.45) is 0 Å². The van der Waals surface area contributed by atoms with Gasteiger partial charge in [0.1, 0.15) is 13.2 Å². The highest BCUT2D eigenvalue weighted by Crippen LogP contribution is 2.38. The van der Waals surface area contributed by atoms with Gasteiger partial charge in [-0.15, -0.1) is 0 Å². The van der Waals surface area contributed by atoms with Gasteiger partial charge in [-0.25, -0.2) is 0 Å². The summed E-state index contributed by atoms with van der Waals surface area (Å²) in [5.41, 5.74) is 0. The lowest BCUT2D eigenvalue weighted by atomic mass is 10.0. The lowest BCUT2D eigenvalue weighted by Crippen LogP contribution is -2.46. The summed E-state index contributed by atoms with van der Waals surface area (Å²) < 4.78 is 22.9. The first-order chi connectivity index (χ1) is 22.5. The van der Waals surface area contributed by atoms with Crippen LogP contribution in [0.2, 0.25) is 0 Å². The molecule has 0 radical (unpaired) electrons. The molecule has 0 aliphatic heterocycles. The van der Waals surface area contributed by atoms with Crippen molar-refractivity contribution in [2.75, 3.05) is 40.9 Å². The van der Waals surface area contributed by atoms with E-state index in [1.165, 1.54) is 0 Å². The molecule has 0 saturated carbocycles. The second kappa shape index (κ2) is 30.0. The molecule has 3 unspecified atom stereocenters. The van der Waals surface area contributed by atoms with E-state index in [-0.39, 0.29) is 19.1 Å². The summed E-state index contributed by atoms with van der Waals surface area (Å²) in [5, 5.41) is 13.5. The van der Waals surface area contributed by atoms with Crippen LogP contribution in [0.15, 0.2) is 72.9 Å². The molecule has 1 amide bonds. The minimum absolute atomic E-state index is 0.00234. The number of likely N-dealkylation sites (N-methyl/N-ethyl adjacent to an activating group) is 1. The predicted octanol–water partition coefficient (Wildman–Crippen LogP) is 8.27. The summed E-state index contributed by atoms with van der Waals surface area (Å²) in [6.45, 7) is 4.39. The molecule has 0 heterocycles. The number of carbonyl (C=O) groups excluding carboxylic acids is 1. The third-order valence-electron chi connectivity index (χ3n) is 7.21. The Labute approximate surface area is 287 Å². The molecule has 0 aliphatic carbocycles. The van der Waals surface area contributed by atoms with E-state index in [0.29, 0.717) is 30.3 Å². The van der Waals surface area contributed by atoms with Crippen LogP contribution in [0.25, 0.3) is 0 Å². The molecule has 47 heavy (non-hydrogen) atoms. The number of allylic oxidation sites excluding steroid dienone is 12. The number of carbonyl (C=O) groups is 1. The molecule has 0 rings (SSSR count). The average Bonchev–Trinajstić information content (AvgIpc) is 3.01. The Bertz CT molecular complexity index is 997. The van der Waals surface area contributed by atoms with E-state index < -0.39 is 20.0 Å². The van der Waals surface area contributed by atoms with Gasteiger partial charge in [0, 0.05) is 6.42 Å². The smallest absolute Gasteiger partial charge is 0.268 e. The normalized spacial score (nSPS) is 15.6. The van der Waals surface area contributed by atoms with Crippen LogP contribution in [0.3, 0.4) is 0 Å². The van der Waals surface area contributed by atoms with Crippen molar-refractivity contribution in [3.63, 3.8) is 0 Å². The Balaban J connectivity index is 4.33. The Hall–Kier alpha value is -2.06. The number of unbranched alkanes of at least 4 members (excludes halogenated alkanes) is 5. The maximum atomic E-state index is 12.6. The lowest BCUT2D eigenvalue weighted by molar-refractivity contribution is -0.870. The number of aliphatic hydroxyl groups is 1. The van der Waals surface area contributed by atoms with Crippen LogP contribution < -0.4 is 10.2 Å². The van der Waals surface area contributed by atoms with Crippen molar-refractivity contribution in [1.82, 2.24) is 5.32 Å². The Morgan fingerprint density at radius 3 is 1.81 bits per heavy atom. The number of aliphatic hydroxyl groups excluding tert-OH is 1. The molecule has 3 atom stereocenters. The first-order valence-corrected chi connectivity index (χ1v) is 19.2. The third-order valence-corrected chi connectivity index (χ3v) is 8.17. The molecular formula is C38H67N2O6P. The van der Waals surface area contributed by atoms with Crippen LogP contribution in [0.1, 0.15) is 110 Å². The second-order valence-corrected chi connectivity index (χ2v) is 14.3. The number of nitrogens with one attached hydrogen (secondary N) is 1. The number of hydrogen-bond donors (Lipinski definition) is 2. The van der Waals surface area contributed by atoms with E-state index in [2.05, 4.69) is 92.1 Å².